The molecule has 5 nitrogen and oxygen atoms in total. The monoisotopic (exact) mass is 543 g/mol. The fraction of sp³-hybridized carbons (Fsp3) is 0. The summed E-state index contributed by atoms with van der Waals surface area (Å²) in [5, 5.41) is 2.38. The molecule has 0 bridgehead atoms. The highest BCUT2D eigenvalue weighted by atomic mass is 32.1. The van der Waals surface area contributed by atoms with E-state index in [-0.39, 0.29) is 16.4 Å². The molecule has 1 aliphatic heterocycles. The molecule has 2 heterocycles. The van der Waals surface area contributed by atoms with Gasteiger partial charge >= 0.3 is 0 Å². The van der Waals surface area contributed by atoms with Gasteiger partial charge in [-0.1, -0.05) is 91.0 Å². The van der Waals surface area contributed by atoms with Gasteiger partial charge in [-0.2, -0.15) is 0 Å². The fourth-order valence-electron chi connectivity index (χ4n) is 4.86. The molecule has 1 N–H and O–H groups in total. The number of thiocarbonyl (C=S) groups is 1. The average Bonchev–Trinajstić information content (AvgIpc) is 3.37. The molecule has 2 amide bonds. The Morgan fingerprint density at radius 1 is 0.725 bits per heavy atom. The van der Waals surface area contributed by atoms with Crippen molar-refractivity contribution in [1.29, 1.82) is 0 Å². The first-order valence-corrected chi connectivity index (χ1v) is 13.0. The number of carbonyl (C=O) groups excluding carboxylic acids is 2. The van der Waals surface area contributed by atoms with Gasteiger partial charge in [-0.25, -0.2) is 9.29 Å². The summed E-state index contributed by atoms with van der Waals surface area (Å²) in [6.07, 6.45) is 1.56. The van der Waals surface area contributed by atoms with E-state index in [0.717, 1.165) is 33.1 Å². The molecule has 5 aromatic rings. The van der Waals surface area contributed by atoms with Crippen molar-refractivity contribution in [3.8, 4) is 28.2 Å². The molecule has 194 valence electrons. The fourth-order valence-corrected chi connectivity index (χ4v) is 5.14. The third-order valence-corrected chi connectivity index (χ3v) is 6.94. The van der Waals surface area contributed by atoms with Crippen LogP contribution in [0.2, 0.25) is 0 Å². The van der Waals surface area contributed by atoms with Gasteiger partial charge in [0, 0.05) is 11.3 Å². The number of anilines is 1. The lowest BCUT2D eigenvalue weighted by Gasteiger charge is -2.29. The van der Waals surface area contributed by atoms with E-state index >= 15 is 0 Å². The molecule has 4 aromatic carbocycles. The lowest BCUT2D eigenvalue weighted by molar-refractivity contribution is -0.122. The number of para-hydroxylation sites is 2. The zero-order valence-electron chi connectivity index (χ0n) is 21.1. The number of carbonyl (C=O) groups is 2. The molecule has 0 saturated carbocycles. The van der Waals surface area contributed by atoms with E-state index in [1.807, 2.05) is 97.1 Å². The van der Waals surface area contributed by atoms with Crippen molar-refractivity contribution < 1.29 is 14.0 Å². The first-order chi connectivity index (χ1) is 19.5. The van der Waals surface area contributed by atoms with Gasteiger partial charge in [0.2, 0.25) is 0 Å². The molecule has 0 spiro atoms. The van der Waals surface area contributed by atoms with Crippen molar-refractivity contribution in [2.45, 2.75) is 0 Å². The highest BCUT2D eigenvalue weighted by Crippen LogP contribution is 2.37. The first-order valence-electron chi connectivity index (χ1n) is 12.6. The molecule has 6 rings (SSSR count). The highest BCUT2D eigenvalue weighted by molar-refractivity contribution is 7.80. The van der Waals surface area contributed by atoms with Crippen LogP contribution >= 0.6 is 12.2 Å². The zero-order valence-corrected chi connectivity index (χ0v) is 21.9. The van der Waals surface area contributed by atoms with Gasteiger partial charge in [-0.3, -0.25) is 14.9 Å². The third-order valence-electron chi connectivity index (χ3n) is 6.66. The number of benzene rings is 4. The van der Waals surface area contributed by atoms with Gasteiger partial charge in [0.1, 0.15) is 11.4 Å². The Morgan fingerprint density at radius 2 is 1.30 bits per heavy atom. The number of rotatable bonds is 5. The minimum Gasteiger partial charge on any atom is -0.309 e. The number of halogens is 1. The minimum atomic E-state index is -0.702. The maximum atomic E-state index is 14.7. The Labute approximate surface area is 235 Å². The van der Waals surface area contributed by atoms with Crippen molar-refractivity contribution >= 4 is 40.9 Å². The van der Waals surface area contributed by atoms with E-state index in [4.69, 9.17) is 12.2 Å². The van der Waals surface area contributed by atoms with Crippen LogP contribution in [0.15, 0.2) is 127 Å². The normalized spacial score (nSPS) is 14.5. The van der Waals surface area contributed by atoms with Crippen LogP contribution in [0.3, 0.4) is 0 Å². The predicted octanol–water partition coefficient (Wildman–Crippen LogP) is 6.78. The summed E-state index contributed by atoms with van der Waals surface area (Å²) in [7, 11) is 0. The molecule has 0 unspecified atom stereocenters. The molecule has 1 aliphatic rings. The molecule has 1 aromatic heterocycles. The van der Waals surface area contributed by atoms with Crippen molar-refractivity contribution in [2.24, 2.45) is 0 Å². The lowest BCUT2D eigenvalue weighted by atomic mass is 10.0. The topological polar surface area (TPSA) is 54.3 Å². The molecule has 0 atom stereocenters. The molecule has 0 aliphatic carbocycles. The summed E-state index contributed by atoms with van der Waals surface area (Å²) in [4.78, 5) is 27.9. The van der Waals surface area contributed by atoms with Crippen LogP contribution in [-0.2, 0) is 9.59 Å². The van der Waals surface area contributed by atoms with Crippen LogP contribution in [-0.4, -0.2) is 21.5 Å². The SMILES string of the molecule is O=C1NC(=S)N(c2ccccc2F)C(=O)C1=Cc1cc(-c2ccccc2)n(-c2ccccc2)c1-c1ccccc1. The Bertz CT molecular complexity index is 1780. The number of nitrogens with zero attached hydrogens (tertiary/aromatic N) is 2. The van der Waals surface area contributed by atoms with Gasteiger partial charge in [0.15, 0.2) is 5.11 Å². The van der Waals surface area contributed by atoms with E-state index in [2.05, 4.69) is 9.88 Å². The van der Waals surface area contributed by atoms with Crippen molar-refractivity contribution in [1.82, 2.24) is 9.88 Å². The smallest absolute Gasteiger partial charge is 0.270 e. The van der Waals surface area contributed by atoms with E-state index < -0.39 is 17.6 Å². The minimum absolute atomic E-state index is 0.0292. The maximum Gasteiger partial charge on any atom is 0.270 e. The quantitative estimate of drug-likeness (QED) is 0.151. The number of aromatic nitrogens is 1. The Kier molecular flexibility index (Phi) is 6.64. The molecule has 1 fully saturated rings. The number of hydrogen-bond acceptors (Lipinski definition) is 3. The Balaban J connectivity index is 1.60. The number of hydrogen-bond donors (Lipinski definition) is 1. The molecule has 1 saturated heterocycles. The summed E-state index contributed by atoms with van der Waals surface area (Å²) >= 11 is 5.27. The second-order valence-electron chi connectivity index (χ2n) is 9.15. The largest absolute Gasteiger partial charge is 0.309 e. The second-order valence-corrected chi connectivity index (χ2v) is 9.53. The first kappa shape index (κ1) is 25.2. The van der Waals surface area contributed by atoms with E-state index in [1.54, 1.807) is 12.1 Å². The molecular weight excluding hydrogens is 521 g/mol. The van der Waals surface area contributed by atoms with Crippen molar-refractivity contribution in [3.05, 3.63) is 138 Å². The summed E-state index contributed by atoms with van der Waals surface area (Å²) in [6.45, 7) is 0. The third kappa shape index (κ3) is 4.52. The van der Waals surface area contributed by atoms with Gasteiger partial charge in [0.25, 0.3) is 11.8 Å². The van der Waals surface area contributed by atoms with Gasteiger partial charge < -0.3 is 4.57 Å². The second kappa shape index (κ2) is 10.6. The van der Waals surface area contributed by atoms with Gasteiger partial charge in [0.05, 0.1) is 17.1 Å². The van der Waals surface area contributed by atoms with Crippen molar-refractivity contribution in [2.75, 3.05) is 4.90 Å². The summed E-state index contributed by atoms with van der Waals surface area (Å²) in [5.74, 6) is -1.97. The summed E-state index contributed by atoms with van der Waals surface area (Å²) in [6, 6.07) is 37.3. The number of nitrogens with one attached hydrogen (secondary N) is 1. The summed E-state index contributed by atoms with van der Waals surface area (Å²) in [5.41, 5.74) is 4.91. The predicted molar refractivity (Wildman–Crippen MR) is 159 cm³/mol. The molecule has 7 heteroatoms. The lowest BCUT2D eigenvalue weighted by Crippen LogP contribution is -2.54. The van der Waals surface area contributed by atoms with Crippen LogP contribution < -0.4 is 10.2 Å². The standard InChI is InChI=1S/C33H22FN3O2S/c34-27-18-10-11-19-28(27)37-32(39)26(31(38)35-33(37)40)20-24-21-29(22-12-4-1-5-13-22)36(25-16-8-3-9-17-25)30(24)23-14-6-2-7-15-23/h1-21H,(H,35,38,40). The van der Waals surface area contributed by atoms with E-state index in [0.29, 0.717) is 5.56 Å². The Hall–Kier alpha value is -5.14. The van der Waals surface area contributed by atoms with Crippen LogP contribution in [0.25, 0.3) is 34.3 Å². The van der Waals surface area contributed by atoms with Gasteiger partial charge in [-0.15, -0.1) is 0 Å². The van der Waals surface area contributed by atoms with Gasteiger partial charge in [-0.05, 0) is 59.8 Å². The van der Waals surface area contributed by atoms with Crippen LogP contribution in [0.5, 0.6) is 0 Å². The molecule has 0 radical (unpaired) electrons. The highest BCUT2D eigenvalue weighted by Gasteiger charge is 2.36. The Morgan fingerprint density at radius 3 is 1.95 bits per heavy atom. The molecule has 40 heavy (non-hydrogen) atoms. The maximum absolute atomic E-state index is 14.7. The van der Waals surface area contributed by atoms with Crippen LogP contribution in [0, 0.1) is 5.82 Å². The number of amides is 2. The summed E-state index contributed by atoms with van der Waals surface area (Å²) < 4.78 is 16.8. The zero-order chi connectivity index (χ0) is 27.6. The van der Waals surface area contributed by atoms with Crippen LogP contribution in [0.4, 0.5) is 10.1 Å². The van der Waals surface area contributed by atoms with E-state index in [9.17, 15) is 14.0 Å². The van der Waals surface area contributed by atoms with E-state index in [1.165, 1.54) is 18.2 Å². The average molecular weight is 544 g/mol. The van der Waals surface area contributed by atoms with Crippen LogP contribution in [0.1, 0.15) is 5.56 Å². The molecular formula is C33H22FN3O2S. The van der Waals surface area contributed by atoms with Crippen molar-refractivity contribution in [3.63, 3.8) is 0 Å².